The summed E-state index contributed by atoms with van der Waals surface area (Å²) in [5.74, 6) is 0.0468. The molecule has 0 spiro atoms. The maximum atomic E-state index is 12.7. The number of Topliss-reactive ketones (excluding diaryl/α,β-unsaturated/α-hetero) is 1. The number of alkyl halides is 3. The predicted molar refractivity (Wildman–Crippen MR) is 109 cm³/mol. The molecule has 0 bridgehead atoms. The molecule has 2 unspecified atom stereocenters. The van der Waals surface area contributed by atoms with Gasteiger partial charge >= 0.3 is 15.6 Å². The first kappa shape index (κ1) is 21.9. The van der Waals surface area contributed by atoms with Gasteiger partial charge in [0.25, 0.3) is 0 Å². The van der Waals surface area contributed by atoms with Crippen LogP contribution in [0, 0.1) is 5.92 Å². The second-order valence-electron chi connectivity index (χ2n) is 8.45. The highest BCUT2D eigenvalue weighted by molar-refractivity contribution is 7.88. The van der Waals surface area contributed by atoms with Gasteiger partial charge in [0.05, 0.1) is 0 Å². The summed E-state index contributed by atoms with van der Waals surface area (Å²) in [7, 11) is -5.73. The fourth-order valence-electron chi connectivity index (χ4n) is 5.19. The zero-order valence-corrected chi connectivity index (χ0v) is 17.6. The van der Waals surface area contributed by atoms with Crippen LogP contribution in [-0.4, -0.2) is 19.7 Å². The molecule has 4 rings (SSSR count). The van der Waals surface area contributed by atoms with Crippen LogP contribution in [0.4, 0.5) is 13.2 Å². The van der Waals surface area contributed by atoms with Crippen LogP contribution >= 0.6 is 0 Å². The van der Waals surface area contributed by atoms with Gasteiger partial charge in [0.2, 0.25) is 0 Å². The molecule has 4 nitrogen and oxygen atoms in total. The first-order valence-corrected chi connectivity index (χ1v) is 11.7. The van der Waals surface area contributed by atoms with E-state index in [0.29, 0.717) is 25.7 Å². The summed E-state index contributed by atoms with van der Waals surface area (Å²) >= 11 is 0. The number of hydrogen-bond acceptors (Lipinski definition) is 4. The number of carbonyl (C=O) groups excluding carboxylic acids is 1. The molecule has 31 heavy (non-hydrogen) atoms. The Bertz CT molecular complexity index is 1080. The van der Waals surface area contributed by atoms with Crippen molar-refractivity contribution in [3.8, 4) is 5.75 Å². The van der Waals surface area contributed by atoms with Crippen molar-refractivity contribution in [2.24, 2.45) is 5.92 Å². The molecule has 0 heterocycles. The third-order valence-electron chi connectivity index (χ3n) is 6.57. The summed E-state index contributed by atoms with van der Waals surface area (Å²) in [6.45, 7) is 0. The molecule has 0 radical (unpaired) electrons. The molecule has 2 aromatic rings. The summed E-state index contributed by atoms with van der Waals surface area (Å²) < 4.78 is 65.5. The smallest absolute Gasteiger partial charge is 0.376 e. The third-order valence-corrected chi connectivity index (χ3v) is 7.55. The Morgan fingerprint density at radius 3 is 2.52 bits per heavy atom. The summed E-state index contributed by atoms with van der Waals surface area (Å²) in [6.07, 6.45) is 4.55. The largest absolute Gasteiger partial charge is 0.534 e. The van der Waals surface area contributed by atoms with Crippen LogP contribution in [-0.2, 0) is 33.2 Å². The lowest BCUT2D eigenvalue weighted by molar-refractivity contribution is -0.123. The molecule has 0 amide bonds. The van der Waals surface area contributed by atoms with Gasteiger partial charge < -0.3 is 4.18 Å². The van der Waals surface area contributed by atoms with Crippen LogP contribution in [0.25, 0.3) is 0 Å². The normalized spacial score (nSPS) is 24.1. The average molecular weight is 452 g/mol. The standard InChI is InChI=1S/C23H23F3O4S/c24-23(25,26)31(28,29)30-20-9-10-21-17(13-20)7-4-8-18-14-19(27)11-12-22(18,21)15-16-5-2-1-3-6-16/h1-3,5-6,9-10,13,18H,4,7-8,11-12,14-15H2. The van der Waals surface area contributed by atoms with Crippen LogP contribution in [0.1, 0.15) is 48.8 Å². The minimum absolute atomic E-state index is 0.140. The third kappa shape index (κ3) is 4.22. The Balaban J connectivity index is 1.77. The molecule has 2 aliphatic rings. The maximum absolute atomic E-state index is 12.7. The van der Waals surface area contributed by atoms with Gasteiger partial charge in [-0.15, -0.1) is 0 Å². The number of halogens is 3. The quantitative estimate of drug-likeness (QED) is 0.478. The second kappa shape index (κ2) is 7.97. The Kier molecular flexibility index (Phi) is 5.62. The van der Waals surface area contributed by atoms with Crippen molar-refractivity contribution < 1.29 is 30.6 Å². The van der Waals surface area contributed by atoms with Gasteiger partial charge in [-0.3, -0.25) is 4.79 Å². The number of rotatable bonds is 4. The fourth-order valence-corrected chi connectivity index (χ4v) is 5.64. The summed E-state index contributed by atoms with van der Waals surface area (Å²) in [6, 6.07) is 14.4. The molecule has 2 aromatic carbocycles. The van der Waals surface area contributed by atoms with Crippen molar-refractivity contribution in [3.63, 3.8) is 0 Å². The lowest BCUT2D eigenvalue weighted by atomic mass is 9.59. The van der Waals surface area contributed by atoms with Crippen LogP contribution in [0.3, 0.4) is 0 Å². The maximum Gasteiger partial charge on any atom is 0.534 e. The van der Waals surface area contributed by atoms with Crippen molar-refractivity contribution >= 4 is 15.9 Å². The summed E-state index contributed by atoms with van der Waals surface area (Å²) in [4.78, 5) is 12.2. The Morgan fingerprint density at radius 1 is 1.06 bits per heavy atom. The highest BCUT2D eigenvalue weighted by atomic mass is 32.2. The van der Waals surface area contributed by atoms with E-state index >= 15 is 0 Å². The highest BCUT2D eigenvalue weighted by Crippen LogP contribution is 2.50. The van der Waals surface area contributed by atoms with Crippen LogP contribution in [0.2, 0.25) is 0 Å². The van der Waals surface area contributed by atoms with E-state index in [1.54, 1.807) is 6.07 Å². The van der Waals surface area contributed by atoms with Crippen molar-refractivity contribution in [2.45, 2.75) is 55.9 Å². The lowest BCUT2D eigenvalue weighted by Crippen LogP contribution is -2.42. The summed E-state index contributed by atoms with van der Waals surface area (Å²) in [5, 5.41) is 0. The summed E-state index contributed by atoms with van der Waals surface area (Å²) in [5.41, 5.74) is -2.88. The van der Waals surface area contributed by atoms with E-state index < -0.39 is 15.6 Å². The van der Waals surface area contributed by atoms with Gasteiger partial charge in [-0.25, -0.2) is 0 Å². The molecule has 2 atom stereocenters. The molecule has 0 saturated heterocycles. The lowest BCUT2D eigenvalue weighted by Gasteiger charge is -2.44. The van der Waals surface area contributed by atoms with Gasteiger partial charge in [0.1, 0.15) is 11.5 Å². The first-order chi connectivity index (χ1) is 14.6. The number of benzene rings is 2. The van der Waals surface area contributed by atoms with Crippen molar-refractivity contribution in [3.05, 3.63) is 65.2 Å². The van der Waals surface area contributed by atoms with E-state index in [4.69, 9.17) is 0 Å². The minimum Gasteiger partial charge on any atom is -0.376 e. The molecule has 166 valence electrons. The Morgan fingerprint density at radius 2 is 1.81 bits per heavy atom. The van der Waals surface area contributed by atoms with Crippen LogP contribution < -0.4 is 4.18 Å². The predicted octanol–water partition coefficient (Wildman–Crippen LogP) is 5.10. The molecule has 1 fully saturated rings. The van der Waals surface area contributed by atoms with E-state index in [1.165, 1.54) is 12.1 Å². The topological polar surface area (TPSA) is 60.4 Å². The molecule has 1 saturated carbocycles. The van der Waals surface area contributed by atoms with Crippen molar-refractivity contribution in [1.29, 1.82) is 0 Å². The number of aryl methyl sites for hydroxylation is 1. The van der Waals surface area contributed by atoms with Gasteiger partial charge in [-0.1, -0.05) is 36.4 Å². The number of fused-ring (bicyclic) bond motifs is 3. The van der Waals surface area contributed by atoms with Crippen molar-refractivity contribution in [2.75, 3.05) is 0 Å². The van der Waals surface area contributed by atoms with E-state index in [1.807, 2.05) is 30.3 Å². The molecule has 8 heteroatoms. The molecule has 2 aliphatic carbocycles. The van der Waals surface area contributed by atoms with E-state index in [9.17, 15) is 26.4 Å². The number of hydrogen-bond donors (Lipinski definition) is 0. The molecule has 0 aromatic heterocycles. The van der Waals surface area contributed by atoms with Gasteiger partial charge in [0.15, 0.2) is 0 Å². The minimum atomic E-state index is -5.73. The Labute approximate surface area is 179 Å². The van der Waals surface area contributed by atoms with E-state index in [0.717, 1.165) is 36.0 Å². The molecular weight excluding hydrogens is 429 g/mol. The zero-order valence-electron chi connectivity index (χ0n) is 16.8. The van der Waals surface area contributed by atoms with Gasteiger partial charge in [-0.05, 0) is 66.8 Å². The number of carbonyl (C=O) groups is 1. The van der Waals surface area contributed by atoms with E-state index in [2.05, 4.69) is 4.18 Å². The second-order valence-corrected chi connectivity index (χ2v) is 9.99. The highest BCUT2D eigenvalue weighted by Gasteiger charge is 2.49. The molecular formula is C23H23F3O4S. The van der Waals surface area contributed by atoms with E-state index in [-0.39, 0.29) is 22.9 Å². The Hall–Kier alpha value is -2.35. The van der Waals surface area contributed by atoms with Crippen molar-refractivity contribution in [1.82, 2.24) is 0 Å². The van der Waals surface area contributed by atoms with Crippen LogP contribution in [0.5, 0.6) is 5.75 Å². The van der Waals surface area contributed by atoms with Gasteiger partial charge in [0, 0.05) is 18.3 Å². The van der Waals surface area contributed by atoms with Crippen LogP contribution in [0.15, 0.2) is 48.5 Å². The zero-order chi connectivity index (χ0) is 22.3. The first-order valence-electron chi connectivity index (χ1n) is 10.3. The monoisotopic (exact) mass is 452 g/mol. The fraction of sp³-hybridized carbons (Fsp3) is 0.435. The molecule has 0 N–H and O–H groups in total. The van der Waals surface area contributed by atoms with Gasteiger partial charge in [-0.2, -0.15) is 21.6 Å². The number of ketones is 1. The SMILES string of the molecule is O=C1CCC2(Cc3ccccc3)c3ccc(OS(=O)(=O)C(F)(F)F)cc3CCCC2C1. The molecule has 0 aliphatic heterocycles. The average Bonchev–Trinajstić information content (AvgIpc) is 2.84.